The molecule has 1 rings (SSSR count). The van der Waals surface area contributed by atoms with Crippen LogP contribution in [-0.4, -0.2) is 101 Å². The Bertz CT molecular complexity index is 718. The Hall–Kier alpha value is -2.45. The number of aliphatic hydroxyl groups excluding tert-OH is 3. The third-order valence-corrected chi connectivity index (χ3v) is 5.11. The summed E-state index contributed by atoms with van der Waals surface area (Å²) in [4.78, 5) is 58.5. The van der Waals surface area contributed by atoms with Gasteiger partial charge in [0.1, 0.15) is 42.8 Å². The number of carbonyl (C=O) groups is 5. The molecule has 0 saturated carbocycles. The molecule has 13 heteroatoms. The van der Waals surface area contributed by atoms with E-state index in [2.05, 4.69) is 16.0 Å². The molecule has 0 aromatic heterocycles. The van der Waals surface area contributed by atoms with Crippen molar-refractivity contribution in [3.05, 3.63) is 0 Å². The highest BCUT2D eigenvalue weighted by molar-refractivity contribution is 5.92. The predicted molar refractivity (Wildman–Crippen MR) is 111 cm³/mol. The average Bonchev–Trinajstić information content (AvgIpc) is 2.74. The predicted octanol–water partition coefficient (Wildman–Crippen LogP) is -3.11. The maximum atomic E-state index is 12.5. The third-order valence-electron chi connectivity index (χ3n) is 5.11. The van der Waals surface area contributed by atoms with Gasteiger partial charge in [-0.1, -0.05) is 0 Å². The van der Waals surface area contributed by atoms with Crippen LogP contribution in [-0.2, 0) is 33.4 Å². The topological polar surface area (TPSA) is 201 Å². The molecule has 1 heterocycles. The lowest BCUT2D eigenvalue weighted by molar-refractivity contribution is -0.266. The van der Waals surface area contributed by atoms with E-state index in [-0.39, 0.29) is 18.6 Å². The number of amides is 3. The first kappa shape index (κ1) is 28.6. The molecule has 1 aliphatic rings. The molecular weight excluding hydrogens is 442 g/mol. The maximum Gasteiger partial charge on any atom is 0.249 e. The molecule has 188 valence electrons. The highest BCUT2D eigenvalue weighted by Crippen LogP contribution is 2.23. The second kappa shape index (κ2) is 13.3. The van der Waals surface area contributed by atoms with Gasteiger partial charge in [0.15, 0.2) is 12.1 Å². The van der Waals surface area contributed by atoms with Crippen molar-refractivity contribution in [3.63, 3.8) is 0 Å². The van der Waals surface area contributed by atoms with Gasteiger partial charge in [-0.2, -0.15) is 0 Å². The number of carbonyl (C=O) groups excluding carboxylic acids is 5. The smallest absolute Gasteiger partial charge is 0.249 e. The van der Waals surface area contributed by atoms with Gasteiger partial charge in [-0.3, -0.25) is 19.2 Å². The number of hydrogen-bond acceptors (Lipinski definition) is 10. The minimum absolute atomic E-state index is 0.0831. The minimum atomic E-state index is -1.62. The van der Waals surface area contributed by atoms with Crippen LogP contribution in [0.5, 0.6) is 0 Å². The molecule has 0 spiro atoms. The van der Waals surface area contributed by atoms with Crippen molar-refractivity contribution >= 4 is 29.8 Å². The van der Waals surface area contributed by atoms with Gasteiger partial charge < -0.3 is 45.5 Å². The van der Waals surface area contributed by atoms with Crippen molar-refractivity contribution in [1.82, 2.24) is 16.0 Å². The quantitative estimate of drug-likeness (QED) is 0.157. The van der Waals surface area contributed by atoms with Crippen LogP contribution in [0.15, 0.2) is 0 Å². The Morgan fingerprint density at radius 1 is 1.09 bits per heavy atom. The van der Waals surface area contributed by atoms with Gasteiger partial charge in [0.05, 0.1) is 12.6 Å². The summed E-state index contributed by atoms with van der Waals surface area (Å²) in [6.45, 7) is 4.51. The van der Waals surface area contributed by atoms with Crippen molar-refractivity contribution in [2.24, 2.45) is 0 Å². The number of nitrogens with one attached hydrogen (secondary N) is 3. The molecule has 33 heavy (non-hydrogen) atoms. The van der Waals surface area contributed by atoms with Gasteiger partial charge in [-0.15, -0.1) is 0 Å². The van der Waals surface area contributed by atoms with E-state index in [9.17, 15) is 39.3 Å². The number of hydrogen-bond donors (Lipinski definition) is 6. The second-order valence-corrected chi connectivity index (χ2v) is 7.85. The molecule has 0 unspecified atom stereocenters. The molecule has 13 nitrogen and oxygen atoms in total. The van der Waals surface area contributed by atoms with Gasteiger partial charge in [-0.05, 0) is 27.2 Å². The number of rotatable bonds is 12. The molecule has 8 atom stereocenters. The molecule has 1 aliphatic heterocycles. The summed E-state index contributed by atoms with van der Waals surface area (Å²) in [6.07, 6.45) is -6.04. The van der Waals surface area contributed by atoms with E-state index in [1.807, 2.05) is 0 Å². The Labute approximate surface area is 191 Å². The lowest BCUT2D eigenvalue weighted by atomic mass is 9.96. The van der Waals surface area contributed by atoms with Crippen LogP contribution in [0.25, 0.3) is 0 Å². The SMILES string of the molecule is CC(=O)N[C@@H]1[C@@H](O[C@H](C)C(=O)N[C@@H](C)C(=O)N[C@H](CCC=O)C(C)=O)[C@H](O)[C@@H](CO)O[C@H]1O. The molecular formula is C20H33N3O10. The van der Waals surface area contributed by atoms with Crippen LogP contribution in [0.3, 0.4) is 0 Å². The first-order valence-corrected chi connectivity index (χ1v) is 10.5. The van der Waals surface area contributed by atoms with E-state index in [1.165, 1.54) is 27.7 Å². The van der Waals surface area contributed by atoms with Crippen molar-refractivity contribution in [2.45, 2.75) is 89.4 Å². The summed E-state index contributed by atoms with van der Waals surface area (Å²) in [7, 11) is 0. The Morgan fingerprint density at radius 2 is 1.73 bits per heavy atom. The monoisotopic (exact) mass is 475 g/mol. The maximum absolute atomic E-state index is 12.5. The molecule has 0 aliphatic carbocycles. The Kier molecular flexibility index (Phi) is 11.5. The summed E-state index contributed by atoms with van der Waals surface area (Å²) in [5, 5.41) is 37.1. The van der Waals surface area contributed by atoms with Crippen LogP contribution in [0.2, 0.25) is 0 Å². The summed E-state index contributed by atoms with van der Waals surface area (Å²) in [5.74, 6) is -2.29. The lowest BCUT2D eigenvalue weighted by Gasteiger charge is -2.43. The Balaban J connectivity index is 2.80. The summed E-state index contributed by atoms with van der Waals surface area (Å²) >= 11 is 0. The standard InChI is InChI=1S/C20H33N3O10/c1-9(18(29)23-13(10(2)26)6-5-7-24)21-19(30)11(3)32-17-15(22-12(4)27)20(31)33-14(8-25)16(17)28/h7,9,11,13-17,20,25,28,31H,5-6,8H2,1-4H3,(H,21,30)(H,22,27)(H,23,29)/t9-,11+,13+,14+,15+,16+,17+,20+/m0/s1. The highest BCUT2D eigenvalue weighted by Gasteiger charge is 2.46. The second-order valence-electron chi connectivity index (χ2n) is 7.85. The molecule has 0 radical (unpaired) electrons. The first-order valence-electron chi connectivity index (χ1n) is 10.5. The van der Waals surface area contributed by atoms with E-state index >= 15 is 0 Å². The normalized spacial score (nSPS) is 27.5. The minimum Gasteiger partial charge on any atom is -0.394 e. The fraction of sp³-hybridized carbons (Fsp3) is 0.750. The average molecular weight is 475 g/mol. The van der Waals surface area contributed by atoms with Gasteiger partial charge in [-0.25, -0.2) is 0 Å². The van der Waals surface area contributed by atoms with Crippen molar-refractivity contribution in [1.29, 1.82) is 0 Å². The van der Waals surface area contributed by atoms with Crippen molar-refractivity contribution in [3.8, 4) is 0 Å². The van der Waals surface area contributed by atoms with Crippen molar-refractivity contribution in [2.75, 3.05) is 6.61 Å². The van der Waals surface area contributed by atoms with Crippen LogP contribution in [0.4, 0.5) is 0 Å². The van der Waals surface area contributed by atoms with E-state index < -0.39 is 73.2 Å². The number of ether oxygens (including phenoxy) is 2. The summed E-state index contributed by atoms with van der Waals surface area (Å²) in [6, 6.07) is -3.17. The Morgan fingerprint density at radius 3 is 2.24 bits per heavy atom. The number of aliphatic hydroxyl groups is 3. The summed E-state index contributed by atoms with van der Waals surface area (Å²) < 4.78 is 10.7. The van der Waals surface area contributed by atoms with Crippen LogP contribution in [0.1, 0.15) is 40.5 Å². The van der Waals surface area contributed by atoms with Gasteiger partial charge in [0.25, 0.3) is 0 Å². The van der Waals surface area contributed by atoms with Crippen LogP contribution >= 0.6 is 0 Å². The largest absolute Gasteiger partial charge is 0.394 e. The molecule has 0 bridgehead atoms. The van der Waals surface area contributed by atoms with Crippen LogP contribution < -0.4 is 16.0 Å². The number of ketones is 1. The van der Waals surface area contributed by atoms with Crippen LogP contribution in [0, 0.1) is 0 Å². The zero-order valence-corrected chi connectivity index (χ0v) is 19.0. The van der Waals surface area contributed by atoms with Crippen molar-refractivity contribution < 1.29 is 48.8 Å². The molecule has 0 aromatic carbocycles. The van der Waals surface area contributed by atoms with Gasteiger partial charge >= 0.3 is 0 Å². The number of aldehydes is 1. The third kappa shape index (κ3) is 8.44. The molecule has 1 saturated heterocycles. The van der Waals surface area contributed by atoms with E-state index in [1.54, 1.807) is 0 Å². The fourth-order valence-electron chi connectivity index (χ4n) is 3.24. The zero-order chi connectivity index (χ0) is 25.3. The highest BCUT2D eigenvalue weighted by atomic mass is 16.6. The van der Waals surface area contributed by atoms with E-state index in [4.69, 9.17) is 9.47 Å². The molecule has 0 aromatic rings. The zero-order valence-electron chi connectivity index (χ0n) is 19.0. The van der Waals surface area contributed by atoms with Gasteiger partial charge in [0.2, 0.25) is 17.7 Å². The molecule has 1 fully saturated rings. The fourth-order valence-corrected chi connectivity index (χ4v) is 3.24. The van der Waals surface area contributed by atoms with Gasteiger partial charge in [0, 0.05) is 13.3 Å². The first-order chi connectivity index (χ1) is 15.4. The van der Waals surface area contributed by atoms with E-state index in [0.29, 0.717) is 6.29 Å². The summed E-state index contributed by atoms with van der Waals surface area (Å²) in [5.41, 5.74) is 0. The molecule has 6 N–H and O–H groups in total. The number of Topliss-reactive ketones (excluding diaryl/α,β-unsaturated/α-hetero) is 1. The van der Waals surface area contributed by atoms with E-state index in [0.717, 1.165) is 0 Å². The molecule has 3 amide bonds. The lowest BCUT2D eigenvalue weighted by Crippen LogP contribution is -2.65.